The second kappa shape index (κ2) is 8.26. The van der Waals surface area contributed by atoms with Gasteiger partial charge in [0.25, 0.3) is 5.91 Å². The molecule has 0 saturated carbocycles. The summed E-state index contributed by atoms with van der Waals surface area (Å²) in [6.07, 6.45) is -1.03. The maximum Gasteiger partial charge on any atom is 0.333 e. The highest BCUT2D eigenvalue weighted by Gasteiger charge is 2.25. The van der Waals surface area contributed by atoms with Crippen LogP contribution in [0.15, 0.2) is 48.5 Å². The first-order chi connectivity index (χ1) is 11.5. The molecule has 5 nitrogen and oxygen atoms in total. The highest BCUT2D eigenvalue weighted by Crippen LogP contribution is 2.22. The summed E-state index contributed by atoms with van der Waals surface area (Å²) >= 11 is 0. The van der Waals surface area contributed by atoms with E-state index in [-0.39, 0.29) is 6.61 Å². The topological polar surface area (TPSA) is 64.6 Å². The van der Waals surface area contributed by atoms with Crippen LogP contribution in [-0.2, 0) is 19.1 Å². The van der Waals surface area contributed by atoms with E-state index in [1.807, 2.05) is 38.1 Å². The lowest BCUT2D eigenvalue weighted by atomic mass is 10.1. The zero-order chi connectivity index (χ0) is 17.5. The van der Waals surface area contributed by atoms with E-state index in [2.05, 4.69) is 5.32 Å². The third kappa shape index (κ3) is 4.67. The molecule has 0 radical (unpaired) electrons. The molecule has 1 N–H and O–H groups in total. The molecular weight excluding hydrogens is 306 g/mol. The molecule has 0 aliphatic heterocycles. The molecule has 2 aromatic carbocycles. The van der Waals surface area contributed by atoms with E-state index < -0.39 is 18.0 Å². The van der Waals surface area contributed by atoms with Crippen LogP contribution < -0.4 is 5.32 Å². The summed E-state index contributed by atoms with van der Waals surface area (Å²) in [4.78, 5) is 24.5. The summed E-state index contributed by atoms with van der Waals surface area (Å²) in [6, 6.07) is 14.7. The minimum Gasteiger partial charge on any atom is -0.446 e. The summed E-state index contributed by atoms with van der Waals surface area (Å²) in [6.45, 7) is 3.64. The number of hydrogen-bond acceptors (Lipinski definition) is 4. The lowest BCUT2D eigenvalue weighted by Crippen LogP contribution is -2.27. The van der Waals surface area contributed by atoms with Crippen molar-refractivity contribution in [3.8, 4) is 0 Å². The molecule has 0 aliphatic rings. The van der Waals surface area contributed by atoms with Crippen LogP contribution in [0.2, 0.25) is 0 Å². The number of benzene rings is 2. The number of hydrogen-bond donors (Lipinski definition) is 1. The van der Waals surface area contributed by atoms with Gasteiger partial charge < -0.3 is 14.8 Å². The third-order valence-electron chi connectivity index (χ3n) is 3.50. The average Bonchev–Trinajstić information content (AvgIpc) is 2.57. The summed E-state index contributed by atoms with van der Waals surface area (Å²) in [5.41, 5.74) is 3.26. The molecule has 126 valence electrons. The molecule has 2 aromatic rings. The second-order valence-electron chi connectivity index (χ2n) is 5.52. The van der Waals surface area contributed by atoms with Gasteiger partial charge in [-0.25, -0.2) is 4.79 Å². The van der Waals surface area contributed by atoms with Crippen molar-refractivity contribution in [3.05, 3.63) is 65.2 Å². The minimum absolute atomic E-state index is 0.208. The van der Waals surface area contributed by atoms with Crippen molar-refractivity contribution in [3.63, 3.8) is 0 Å². The van der Waals surface area contributed by atoms with Crippen LogP contribution in [-0.4, -0.2) is 25.6 Å². The van der Waals surface area contributed by atoms with Crippen molar-refractivity contribution in [2.24, 2.45) is 0 Å². The Labute approximate surface area is 141 Å². The number of rotatable bonds is 6. The van der Waals surface area contributed by atoms with Crippen molar-refractivity contribution < 1.29 is 19.1 Å². The molecule has 0 fully saturated rings. The van der Waals surface area contributed by atoms with Gasteiger partial charge in [-0.1, -0.05) is 42.5 Å². The Morgan fingerprint density at radius 2 is 1.79 bits per heavy atom. The SMILES string of the molecule is COCC(=O)O[C@@H](C(=O)Nc1cc(C)ccc1C)c1ccccc1. The molecule has 0 bridgehead atoms. The van der Waals surface area contributed by atoms with E-state index >= 15 is 0 Å². The van der Waals surface area contributed by atoms with Crippen molar-refractivity contribution in [1.29, 1.82) is 0 Å². The van der Waals surface area contributed by atoms with Crippen molar-refractivity contribution >= 4 is 17.6 Å². The Hall–Kier alpha value is -2.66. The fourth-order valence-electron chi connectivity index (χ4n) is 2.25. The molecule has 1 amide bonds. The summed E-state index contributed by atoms with van der Waals surface area (Å²) < 4.78 is 10.1. The van der Waals surface area contributed by atoms with E-state index in [0.29, 0.717) is 11.3 Å². The summed E-state index contributed by atoms with van der Waals surface area (Å²) in [7, 11) is 1.40. The summed E-state index contributed by atoms with van der Waals surface area (Å²) in [5.74, 6) is -0.998. The predicted molar refractivity (Wildman–Crippen MR) is 91.7 cm³/mol. The molecular formula is C19H21NO4. The largest absolute Gasteiger partial charge is 0.446 e. The highest BCUT2D eigenvalue weighted by molar-refractivity contribution is 5.96. The molecule has 0 spiro atoms. The molecule has 5 heteroatoms. The molecule has 0 aromatic heterocycles. The Morgan fingerprint density at radius 3 is 2.46 bits per heavy atom. The predicted octanol–water partition coefficient (Wildman–Crippen LogP) is 3.17. The van der Waals surface area contributed by atoms with Crippen LogP contribution in [0.1, 0.15) is 22.8 Å². The molecule has 0 saturated heterocycles. The number of amides is 1. The van der Waals surface area contributed by atoms with Gasteiger partial charge in [-0.3, -0.25) is 4.79 Å². The van der Waals surface area contributed by atoms with Crippen molar-refractivity contribution in [1.82, 2.24) is 0 Å². The molecule has 1 atom stereocenters. The smallest absolute Gasteiger partial charge is 0.333 e. The third-order valence-corrected chi connectivity index (χ3v) is 3.50. The van der Waals surface area contributed by atoms with Crippen LogP contribution in [0.3, 0.4) is 0 Å². The quantitative estimate of drug-likeness (QED) is 0.828. The van der Waals surface area contributed by atoms with Crippen LogP contribution in [0.25, 0.3) is 0 Å². The summed E-state index contributed by atoms with van der Waals surface area (Å²) in [5, 5.41) is 2.84. The first kappa shape index (κ1) is 17.7. The Bertz CT molecular complexity index is 713. The van der Waals surface area contributed by atoms with Gasteiger partial charge in [0.15, 0.2) is 0 Å². The van der Waals surface area contributed by atoms with E-state index in [4.69, 9.17) is 9.47 Å². The highest BCUT2D eigenvalue weighted by atomic mass is 16.6. The van der Waals surface area contributed by atoms with Crippen molar-refractivity contribution in [2.75, 3.05) is 19.0 Å². The number of aryl methyl sites for hydroxylation is 2. The van der Waals surface area contributed by atoms with Gasteiger partial charge in [-0.2, -0.15) is 0 Å². The van der Waals surface area contributed by atoms with E-state index in [9.17, 15) is 9.59 Å². The van der Waals surface area contributed by atoms with E-state index in [0.717, 1.165) is 11.1 Å². The van der Waals surface area contributed by atoms with Gasteiger partial charge >= 0.3 is 5.97 Å². The molecule has 24 heavy (non-hydrogen) atoms. The van der Waals surface area contributed by atoms with E-state index in [1.165, 1.54) is 7.11 Å². The van der Waals surface area contributed by atoms with Gasteiger partial charge in [0, 0.05) is 18.4 Å². The van der Waals surface area contributed by atoms with Gasteiger partial charge in [0.2, 0.25) is 6.10 Å². The molecule has 2 rings (SSSR count). The van der Waals surface area contributed by atoms with Crippen LogP contribution in [0.4, 0.5) is 5.69 Å². The first-order valence-corrected chi connectivity index (χ1v) is 7.62. The van der Waals surface area contributed by atoms with Gasteiger partial charge in [0.05, 0.1) is 0 Å². The number of carbonyl (C=O) groups is 2. The number of carbonyl (C=O) groups excluding carboxylic acids is 2. The lowest BCUT2D eigenvalue weighted by molar-refractivity contribution is -0.158. The number of ether oxygens (including phenoxy) is 2. The van der Waals surface area contributed by atoms with Crippen LogP contribution in [0, 0.1) is 13.8 Å². The Balaban J connectivity index is 2.24. The Kier molecular flexibility index (Phi) is 6.09. The second-order valence-corrected chi connectivity index (χ2v) is 5.52. The fraction of sp³-hybridized carbons (Fsp3) is 0.263. The molecule has 0 heterocycles. The van der Waals surface area contributed by atoms with Crippen LogP contribution >= 0.6 is 0 Å². The van der Waals surface area contributed by atoms with Crippen LogP contribution in [0.5, 0.6) is 0 Å². The maximum absolute atomic E-state index is 12.7. The standard InChI is InChI=1S/C19H21NO4/c1-13-9-10-14(2)16(11-13)20-19(22)18(24-17(21)12-23-3)15-7-5-4-6-8-15/h4-11,18H,12H2,1-3H3,(H,20,22)/t18-/m1/s1. The first-order valence-electron chi connectivity index (χ1n) is 7.62. The lowest BCUT2D eigenvalue weighted by Gasteiger charge is -2.19. The van der Waals surface area contributed by atoms with Crippen molar-refractivity contribution in [2.45, 2.75) is 20.0 Å². The number of methoxy groups -OCH3 is 1. The Morgan fingerprint density at radius 1 is 1.08 bits per heavy atom. The van der Waals surface area contributed by atoms with Gasteiger partial charge in [0.1, 0.15) is 6.61 Å². The average molecular weight is 327 g/mol. The zero-order valence-corrected chi connectivity index (χ0v) is 14.0. The molecule has 0 aliphatic carbocycles. The van der Waals surface area contributed by atoms with Gasteiger partial charge in [-0.15, -0.1) is 0 Å². The van der Waals surface area contributed by atoms with E-state index in [1.54, 1.807) is 24.3 Å². The molecule has 0 unspecified atom stereocenters. The zero-order valence-electron chi connectivity index (χ0n) is 14.0. The number of anilines is 1. The monoisotopic (exact) mass is 327 g/mol. The number of nitrogens with one attached hydrogen (secondary N) is 1. The number of esters is 1. The normalized spacial score (nSPS) is 11.6. The minimum atomic E-state index is -1.03. The maximum atomic E-state index is 12.7. The fourth-order valence-corrected chi connectivity index (χ4v) is 2.25. The van der Waals surface area contributed by atoms with Gasteiger partial charge in [-0.05, 0) is 31.0 Å².